The van der Waals surface area contributed by atoms with Crippen molar-refractivity contribution in [3.05, 3.63) is 58.6 Å². The van der Waals surface area contributed by atoms with Gasteiger partial charge in [-0.25, -0.2) is 4.79 Å². The van der Waals surface area contributed by atoms with Gasteiger partial charge in [0.1, 0.15) is 18.0 Å². The first-order chi connectivity index (χ1) is 24.3. The number of halogens is 1. The molecule has 2 aliphatic heterocycles. The normalized spacial score (nSPS) is 20.8. The highest BCUT2D eigenvalue weighted by molar-refractivity contribution is 8.01. The van der Waals surface area contributed by atoms with Crippen LogP contribution in [0, 0.1) is 0 Å². The van der Waals surface area contributed by atoms with Crippen molar-refractivity contribution in [1.82, 2.24) is 15.1 Å². The Morgan fingerprint density at radius 1 is 1.00 bits per heavy atom. The summed E-state index contributed by atoms with van der Waals surface area (Å²) < 4.78 is 55.1. The topological polar surface area (TPSA) is 195 Å². The second-order valence-corrected chi connectivity index (χ2v) is 15.8. The van der Waals surface area contributed by atoms with E-state index in [1.54, 1.807) is 44.2 Å². The standard InChI is InChI=1S/C28H29ClN2O12S2.C6H15N/c1-14(32)42-19-11-17(18(29)12-20(19)43-15(2)33)22(45(37,38)39)23(34)30-21-24(35)31-25(21)44-27(3,4)28(31,40-5)26(36)41-13-16-9-7-6-8-10-16;1-4-7(5-2)6-3/h6-12,21-22,25H,13H2,1-5H3,(H,30,34)(H,37,38,39);4-6H2,1-3H3/t21-,22+,25+,28+;/m0./s1. The summed E-state index contributed by atoms with van der Waals surface area (Å²) in [4.78, 5) is 67.1. The quantitative estimate of drug-likeness (QED) is 0.129. The van der Waals surface area contributed by atoms with E-state index in [1.165, 1.54) is 26.7 Å². The molecule has 0 spiro atoms. The average Bonchev–Trinajstić information content (AvgIpc) is 3.29. The number of benzene rings is 2. The number of nitrogens with zero attached hydrogens (tertiary/aromatic N) is 2. The van der Waals surface area contributed by atoms with E-state index in [9.17, 15) is 36.9 Å². The van der Waals surface area contributed by atoms with Crippen LogP contribution in [0.3, 0.4) is 0 Å². The molecule has 2 saturated heterocycles. The molecule has 15 nitrogen and oxygen atoms in total. The van der Waals surface area contributed by atoms with Crippen LogP contribution >= 0.6 is 23.4 Å². The summed E-state index contributed by atoms with van der Waals surface area (Å²) in [5.41, 5.74) is -1.74. The Morgan fingerprint density at radius 3 is 2.00 bits per heavy atom. The fraction of sp³-hybridized carbons (Fsp3) is 0.500. The van der Waals surface area contributed by atoms with E-state index in [-0.39, 0.29) is 12.4 Å². The molecule has 2 aromatic carbocycles. The van der Waals surface area contributed by atoms with Crippen LogP contribution in [0.2, 0.25) is 5.02 Å². The van der Waals surface area contributed by atoms with Crippen molar-refractivity contribution < 1.29 is 55.9 Å². The van der Waals surface area contributed by atoms with Crippen molar-refractivity contribution in [1.29, 1.82) is 0 Å². The van der Waals surface area contributed by atoms with Gasteiger partial charge in [0.2, 0.25) is 5.91 Å². The van der Waals surface area contributed by atoms with Crippen LogP contribution in [0.5, 0.6) is 11.5 Å². The highest BCUT2D eigenvalue weighted by Crippen LogP contribution is 2.57. The molecule has 0 radical (unpaired) electrons. The second kappa shape index (κ2) is 17.4. The molecule has 0 aromatic heterocycles. The van der Waals surface area contributed by atoms with Crippen LogP contribution in [0.25, 0.3) is 0 Å². The van der Waals surface area contributed by atoms with Gasteiger partial charge < -0.3 is 29.2 Å². The van der Waals surface area contributed by atoms with Gasteiger partial charge in [0.25, 0.3) is 21.8 Å². The minimum Gasteiger partial charge on any atom is -0.457 e. The van der Waals surface area contributed by atoms with Crippen LogP contribution in [-0.4, -0.2) is 101 Å². The Morgan fingerprint density at radius 2 is 1.54 bits per heavy atom. The lowest BCUT2D eigenvalue weighted by Crippen LogP contribution is -2.76. The molecule has 4 rings (SSSR count). The number of thioether (sulfide) groups is 1. The molecule has 0 saturated carbocycles. The monoisotopic (exact) mass is 785 g/mol. The number of rotatable bonds is 13. The van der Waals surface area contributed by atoms with Crippen molar-refractivity contribution in [2.24, 2.45) is 0 Å². The van der Waals surface area contributed by atoms with E-state index < -0.39 is 83.3 Å². The Kier molecular flexibility index (Phi) is 14.3. The number of amides is 2. The molecule has 0 aliphatic carbocycles. The van der Waals surface area contributed by atoms with Gasteiger partial charge >= 0.3 is 17.9 Å². The zero-order chi connectivity index (χ0) is 39.2. The predicted molar refractivity (Wildman–Crippen MR) is 192 cm³/mol. The zero-order valence-electron chi connectivity index (χ0n) is 30.1. The summed E-state index contributed by atoms with van der Waals surface area (Å²) in [6.07, 6.45) is 0. The fourth-order valence-electron chi connectivity index (χ4n) is 5.87. The van der Waals surface area contributed by atoms with E-state index in [1.807, 2.05) is 0 Å². The van der Waals surface area contributed by atoms with Gasteiger partial charge in [-0.1, -0.05) is 62.7 Å². The molecule has 2 aromatic rings. The number of ether oxygens (including phenoxy) is 4. The highest BCUT2D eigenvalue weighted by atomic mass is 35.5. The first-order valence-electron chi connectivity index (χ1n) is 16.3. The Bertz CT molecular complexity index is 1770. The zero-order valence-corrected chi connectivity index (χ0v) is 32.5. The molecular weight excluding hydrogens is 742 g/mol. The third-order valence-electron chi connectivity index (χ3n) is 8.43. The first-order valence-corrected chi connectivity index (χ1v) is 19.0. The van der Waals surface area contributed by atoms with Gasteiger partial charge in [0.05, 0.1) is 4.75 Å². The molecule has 18 heteroatoms. The van der Waals surface area contributed by atoms with Gasteiger partial charge in [-0.05, 0) is 45.1 Å². The number of hydrogen-bond acceptors (Lipinski definition) is 13. The van der Waals surface area contributed by atoms with E-state index >= 15 is 0 Å². The summed E-state index contributed by atoms with van der Waals surface area (Å²) in [6, 6.07) is 9.27. The second-order valence-electron chi connectivity index (χ2n) is 12.1. The lowest BCUT2D eigenvalue weighted by Gasteiger charge is -2.49. The van der Waals surface area contributed by atoms with Gasteiger partial charge in [-0.3, -0.25) is 28.6 Å². The number of hydrogen-bond donors (Lipinski definition) is 2. The number of β-lactam (4-membered cyclic amide) rings is 1. The number of nitrogens with one attached hydrogen (secondary N) is 1. The van der Waals surface area contributed by atoms with Crippen molar-refractivity contribution >= 4 is 63.2 Å². The molecule has 4 atom stereocenters. The molecule has 0 bridgehead atoms. The molecule has 2 fully saturated rings. The van der Waals surface area contributed by atoms with Crippen molar-refractivity contribution in [2.75, 3.05) is 26.7 Å². The van der Waals surface area contributed by atoms with Crippen LogP contribution in [0.15, 0.2) is 42.5 Å². The van der Waals surface area contributed by atoms with Crippen molar-refractivity contribution in [2.45, 2.75) is 82.2 Å². The molecule has 2 aliphatic rings. The fourth-order valence-corrected chi connectivity index (χ4v) is 8.76. The predicted octanol–water partition coefficient (Wildman–Crippen LogP) is 3.73. The number of carbonyl (C=O) groups excluding carboxylic acids is 5. The maximum Gasteiger partial charge on any atom is 0.361 e. The molecule has 52 heavy (non-hydrogen) atoms. The van der Waals surface area contributed by atoms with Gasteiger partial charge in [-0.2, -0.15) is 8.42 Å². The summed E-state index contributed by atoms with van der Waals surface area (Å²) in [7, 11) is -4.02. The summed E-state index contributed by atoms with van der Waals surface area (Å²) in [5.74, 6) is -5.50. The molecule has 0 unspecified atom stereocenters. The maximum atomic E-state index is 13.5. The Hall–Kier alpha value is -3.74. The summed E-state index contributed by atoms with van der Waals surface area (Å²) in [5, 5.41) is -1.43. The SMILES string of the molecule is CCN(CC)CC.CO[C@@]1(C(=O)OCc2ccccc2)N2C(=O)[C@H](NC(=O)[C@@H](c3cc(OC(C)=O)c(OC(C)=O)cc3Cl)S(=O)(=O)O)[C@H]2SC1(C)C. The smallest absolute Gasteiger partial charge is 0.361 e. The lowest BCUT2D eigenvalue weighted by atomic mass is 9.91. The van der Waals surface area contributed by atoms with E-state index in [0.29, 0.717) is 5.56 Å². The average molecular weight is 786 g/mol. The largest absolute Gasteiger partial charge is 0.457 e. The Balaban J connectivity index is 0.000000944. The van der Waals surface area contributed by atoms with Gasteiger partial charge in [-0.15, -0.1) is 11.8 Å². The van der Waals surface area contributed by atoms with Crippen LogP contribution in [0.1, 0.15) is 64.8 Å². The number of fused-ring (bicyclic) bond motifs is 1. The third-order valence-corrected chi connectivity index (χ3v) is 11.4. The highest BCUT2D eigenvalue weighted by Gasteiger charge is 2.74. The molecule has 2 amide bonds. The number of methoxy groups -OCH3 is 1. The molecular formula is C34H44ClN3O12S2. The van der Waals surface area contributed by atoms with Crippen LogP contribution in [0.4, 0.5) is 0 Å². The Labute approximate surface area is 312 Å². The lowest BCUT2D eigenvalue weighted by molar-refractivity contribution is -0.216. The van der Waals surface area contributed by atoms with Crippen LogP contribution in [-0.2, 0) is 50.2 Å². The van der Waals surface area contributed by atoms with Crippen molar-refractivity contribution in [3.63, 3.8) is 0 Å². The third kappa shape index (κ3) is 9.06. The molecule has 286 valence electrons. The number of carbonyl (C=O) groups is 5. The molecule has 2 heterocycles. The van der Waals surface area contributed by atoms with E-state index in [0.717, 1.165) is 42.6 Å². The maximum absolute atomic E-state index is 13.5. The summed E-state index contributed by atoms with van der Waals surface area (Å²) in [6.45, 7) is 15.4. The minimum absolute atomic E-state index is 0.0965. The van der Waals surface area contributed by atoms with Gasteiger partial charge in [0.15, 0.2) is 16.7 Å². The van der Waals surface area contributed by atoms with E-state index in [2.05, 4.69) is 31.0 Å². The summed E-state index contributed by atoms with van der Waals surface area (Å²) >= 11 is 7.34. The minimum atomic E-state index is -5.26. The molecule has 2 N–H and O–H groups in total. The van der Waals surface area contributed by atoms with Gasteiger partial charge in [0, 0.05) is 37.6 Å². The van der Waals surface area contributed by atoms with Crippen molar-refractivity contribution in [3.8, 4) is 11.5 Å². The first kappa shape index (κ1) is 42.7. The number of esters is 3. The van der Waals surface area contributed by atoms with E-state index in [4.69, 9.17) is 30.5 Å². The van der Waals surface area contributed by atoms with Crippen LogP contribution < -0.4 is 14.8 Å².